The lowest BCUT2D eigenvalue weighted by atomic mass is 9.55. The number of ether oxygens (including phenoxy) is 1. The molecule has 0 aromatic carbocycles. The molecule has 2 nitrogen and oxygen atoms in total. The molecule has 3 atom stereocenters. The first-order chi connectivity index (χ1) is 9.29. The van der Waals surface area contributed by atoms with Gasteiger partial charge in [-0.15, -0.1) is 0 Å². The third-order valence-corrected chi connectivity index (χ3v) is 6.75. The van der Waals surface area contributed by atoms with Crippen molar-refractivity contribution in [2.24, 2.45) is 16.7 Å². The van der Waals surface area contributed by atoms with E-state index in [4.69, 9.17) is 4.74 Å². The summed E-state index contributed by atoms with van der Waals surface area (Å²) in [5, 5.41) is 3.65. The third kappa shape index (κ3) is 1.99. The molecule has 1 fully saturated rings. The highest BCUT2D eigenvalue weighted by Gasteiger charge is 2.54. The van der Waals surface area contributed by atoms with Crippen LogP contribution in [0.4, 0.5) is 0 Å². The Hall–Kier alpha value is -0.340. The predicted molar refractivity (Wildman–Crippen MR) is 83.5 cm³/mol. The zero-order valence-electron chi connectivity index (χ0n) is 13.9. The third-order valence-electron chi connectivity index (χ3n) is 6.75. The molecule has 0 spiro atoms. The van der Waals surface area contributed by atoms with Crippen LogP contribution in [0.3, 0.4) is 0 Å². The largest absolute Gasteiger partial charge is 0.359 e. The van der Waals surface area contributed by atoms with E-state index in [-0.39, 0.29) is 11.1 Å². The highest BCUT2D eigenvalue weighted by Crippen LogP contribution is 2.57. The molecular formula is C18H31NO. The molecule has 0 amide bonds. The molecule has 2 aliphatic carbocycles. The summed E-state index contributed by atoms with van der Waals surface area (Å²) in [7, 11) is 0. The molecular weight excluding hydrogens is 246 g/mol. The van der Waals surface area contributed by atoms with Gasteiger partial charge in [-0.1, -0.05) is 38.8 Å². The minimum atomic E-state index is -0.154. The molecule has 0 saturated carbocycles. The van der Waals surface area contributed by atoms with E-state index in [1.165, 1.54) is 32.1 Å². The number of hydrogen-bond donors (Lipinski definition) is 1. The zero-order chi connectivity index (χ0) is 14.6. The van der Waals surface area contributed by atoms with Crippen LogP contribution in [-0.2, 0) is 4.74 Å². The first-order valence-electron chi connectivity index (χ1n) is 8.39. The number of rotatable bonds is 1. The maximum Gasteiger partial charge on any atom is 0.122 e. The molecule has 0 aromatic heterocycles. The molecule has 0 radical (unpaired) electrons. The fourth-order valence-corrected chi connectivity index (χ4v) is 4.85. The summed E-state index contributed by atoms with van der Waals surface area (Å²) < 4.78 is 6.17. The van der Waals surface area contributed by atoms with Gasteiger partial charge in [0.15, 0.2) is 0 Å². The van der Waals surface area contributed by atoms with E-state index >= 15 is 0 Å². The Bertz CT molecular complexity index is 431. The number of nitrogens with one attached hydrogen (secondary N) is 1. The van der Waals surface area contributed by atoms with E-state index in [1.807, 2.05) is 0 Å². The number of hydrogen-bond acceptors (Lipinski definition) is 2. The minimum Gasteiger partial charge on any atom is -0.359 e. The van der Waals surface area contributed by atoms with Crippen molar-refractivity contribution < 1.29 is 4.74 Å². The second kappa shape index (κ2) is 4.58. The first kappa shape index (κ1) is 14.6. The molecule has 114 valence electrons. The number of allylic oxidation sites excluding steroid dienone is 2. The van der Waals surface area contributed by atoms with Crippen LogP contribution >= 0.6 is 0 Å². The second-order valence-corrected chi connectivity index (χ2v) is 8.33. The molecule has 0 bridgehead atoms. The zero-order valence-corrected chi connectivity index (χ0v) is 13.9. The fraction of sp³-hybridized carbons (Fsp3) is 0.889. The van der Waals surface area contributed by atoms with Crippen LogP contribution in [0.2, 0.25) is 0 Å². The maximum atomic E-state index is 6.17. The fourth-order valence-electron chi connectivity index (χ4n) is 4.85. The van der Waals surface area contributed by atoms with Gasteiger partial charge in [-0.05, 0) is 50.4 Å². The van der Waals surface area contributed by atoms with Gasteiger partial charge in [0.2, 0.25) is 0 Å². The molecule has 1 aliphatic heterocycles. The van der Waals surface area contributed by atoms with E-state index in [2.05, 4.69) is 39.9 Å². The van der Waals surface area contributed by atoms with Gasteiger partial charge in [0.1, 0.15) is 5.72 Å². The Morgan fingerprint density at radius 1 is 1.20 bits per heavy atom. The van der Waals surface area contributed by atoms with Crippen LogP contribution in [0, 0.1) is 16.7 Å². The van der Waals surface area contributed by atoms with Crippen molar-refractivity contribution in [3.63, 3.8) is 0 Å². The van der Waals surface area contributed by atoms with Crippen molar-refractivity contribution in [2.45, 2.75) is 72.4 Å². The van der Waals surface area contributed by atoms with Gasteiger partial charge < -0.3 is 4.74 Å². The topological polar surface area (TPSA) is 21.3 Å². The van der Waals surface area contributed by atoms with E-state index in [0.29, 0.717) is 11.3 Å². The highest BCUT2D eigenvalue weighted by atomic mass is 16.5. The SMILES string of the molecule is C[C@H]1CC2=C(C[C@]1(C)[C@@]1(C)NCCO1)C(C)(C)CCC2. The van der Waals surface area contributed by atoms with E-state index in [9.17, 15) is 0 Å². The monoisotopic (exact) mass is 277 g/mol. The highest BCUT2D eigenvalue weighted by molar-refractivity contribution is 5.30. The van der Waals surface area contributed by atoms with Crippen LogP contribution in [0.15, 0.2) is 11.1 Å². The summed E-state index contributed by atoms with van der Waals surface area (Å²) in [6, 6.07) is 0. The van der Waals surface area contributed by atoms with Gasteiger partial charge in [-0.2, -0.15) is 0 Å². The van der Waals surface area contributed by atoms with Gasteiger partial charge in [0, 0.05) is 12.0 Å². The molecule has 1 N–H and O–H groups in total. The van der Waals surface area contributed by atoms with Gasteiger partial charge in [-0.3, -0.25) is 5.32 Å². The van der Waals surface area contributed by atoms with Crippen molar-refractivity contribution >= 4 is 0 Å². The Morgan fingerprint density at radius 3 is 2.60 bits per heavy atom. The summed E-state index contributed by atoms with van der Waals surface area (Å²) in [6.07, 6.45) is 6.54. The first-order valence-corrected chi connectivity index (χ1v) is 8.39. The standard InChI is InChI=1S/C18H31NO/c1-13-11-14-7-6-8-16(2,3)15(14)12-17(13,4)18(5)19-9-10-20-18/h13,19H,6-12H2,1-5H3/t13-,17-,18-/m0/s1. The van der Waals surface area contributed by atoms with Gasteiger partial charge in [0.05, 0.1) is 6.61 Å². The van der Waals surface area contributed by atoms with Crippen molar-refractivity contribution in [3.05, 3.63) is 11.1 Å². The van der Waals surface area contributed by atoms with Crippen molar-refractivity contribution in [1.29, 1.82) is 0 Å². The Labute approximate surface area is 124 Å². The van der Waals surface area contributed by atoms with E-state index < -0.39 is 0 Å². The van der Waals surface area contributed by atoms with E-state index in [0.717, 1.165) is 13.2 Å². The predicted octanol–water partition coefficient (Wildman–Crippen LogP) is 4.27. The second-order valence-electron chi connectivity index (χ2n) is 8.33. The van der Waals surface area contributed by atoms with Crippen molar-refractivity contribution in [1.82, 2.24) is 5.32 Å². The van der Waals surface area contributed by atoms with Crippen LogP contribution in [0.5, 0.6) is 0 Å². The molecule has 2 heteroatoms. The lowest BCUT2D eigenvalue weighted by molar-refractivity contribution is -0.123. The molecule has 0 unspecified atom stereocenters. The molecule has 20 heavy (non-hydrogen) atoms. The lowest BCUT2D eigenvalue weighted by Gasteiger charge is -2.54. The maximum absolute atomic E-state index is 6.17. The molecule has 3 aliphatic rings. The smallest absolute Gasteiger partial charge is 0.122 e. The lowest BCUT2D eigenvalue weighted by Crippen LogP contribution is -2.57. The molecule has 1 heterocycles. The van der Waals surface area contributed by atoms with Gasteiger partial charge in [-0.25, -0.2) is 0 Å². The average molecular weight is 277 g/mol. The van der Waals surface area contributed by atoms with Gasteiger partial charge >= 0.3 is 0 Å². The Morgan fingerprint density at radius 2 is 1.95 bits per heavy atom. The van der Waals surface area contributed by atoms with Crippen LogP contribution in [0.25, 0.3) is 0 Å². The Balaban J connectivity index is 1.98. The van der Waals surface area contributed by atoms with Crippen LogP contribution in [0.1, 0.15) is 66.7 Å². The van der Waals surface area contributed by atoms with Crippen molar-refractivity contribution in [3.8, 4) is 0 Å². The summed E-state index contributed by atoms with van der Waals surface area (Å²) in [4.78, 5) is 0. The van der Waals surface area contributed by atoms with E-state index in [1.54, 1.807) is 11.1 Å². The molecule has 1 saturated heterocycles. The van der Waals surface area contributed by atoms with Crippen molar-refractivity contribution in [2.75, 3.05) is 13.2 Å². The molecule has 0 aromatic rings. The van der Waals surface area contributed by atoms with Gasteiger partial charge in [0.25, 0.3) is 0 Å². The van der Waals surface area contributed by atoms with Crippen LogP contribution < -0.4 is 5.32 Å². The van der Waals surface area contributed by atoms with Crippen LogP contribution in [-0.4, -0.2) is 18.9 Å². The molecule has 3 rings (SSSR count). The summed E-state index contributed by atoms with van der Waals surface area (Å²) in [5.41, 5.74) is 3.97. The minimum absolute atomic E-state index is 0.154. The summed E-state index contributed by atoms with van der Waals surface area (Å²) >= 11 is 0. The summed E-state index contributed by atoms with van der Waals surface area (Å²) in [6.45, 7) is 13.9. The normalized spacial score (nSPS) is 44.5. The Kier molecular flexibility index (Phi) is 3.34. The quantitative estimate of drug-likeness (QED) is 0.723. The summed E-state index contributed by atoms with van der Waals surface area (Å²) in [5.74, 6) is 0.686. The average Bonchev–Trinajstić information content (AvgIpc) is 2.80.